The van der Waals surface area contributed by atoms with Crippen molar-refractivity contribution in [2.75, 3.05) is 6.54 Å². The van der Waals surface area contributed by atoms with Gasteiger partial charge in [0.25, 0.3) is 5.91 Å². The number of hydrogen-bond acceptors (Lipinski definition) is 2. The summed E-state index contributed by atoms with van der Waals surface area (Å²) in [6.07, 6.45) is 0. The second kappa shape index (κ2) is 5.32. The largest absolute Gasteiger partial charge is 0.507 e. The van der Waals surface area contributed by atoms with Gasteiger partial charge in [-0.3, -0.25) is 4.79 Å². The lowest BCUT2D eigenvalue weighted by Crippen LogP contribution is -2.24. The Bertz CT molecular complexity index is 404. The average molecular weight is 335 g/mol. The van der Waals surface area contributed by atoms with Crippen LogP contribution in [0.5, 0.6) is 5.75 Å². The van der Waals surface area contributed by atoms with Crippen LogP contribution in [0, 0.1) is 0 Å². The molecule has 0 heterocycles. The van der Waals surface area contributed by atoms with Crippen molar-refractivity contribution in [3.8, 4) is 5.75 Å². The quantitative estimate of drug-likeness (QED) is 0.893. The van der Waals surface area contributed by atoms with E-state index in [1.54, 1.807) is 12.1 Å². The first-order valence-electron chi connectivity index (χ1n) is 4.10. The highest BCUT2D eigenvalue weighted by Crippen LogP contribution is 2.24. The SMILES string of the molecule is C=C(Br)CNC(=O)c1ccc(Br)c(O)c1. The highest BCUT2D eigenvalue weighted by Gasteiger charge is 2.07. The summed E-state index contributed by atoms with van der Waals surface area (Å²) in [5.74, 6) is -0.210. The van der Waals surface area contributed by atoms with E-state index in [0.717, 1.165) is 0 Å². The van der Waals surface area contributed by atoms with E-state index in [9.17, 15) is 9.90 Å². The van der Waals surface area contributed by atoms with Gasteiger partial charge in [-0.05, 0) is 34.1 Å². The lowest BCUT2D eigenvalue weighted by atomic mass is 10.2. The van der Waals surface area contributed by atoms with Crippen molar-refractivity contribution in [1.29, 1.82) is 0 Å². The highest BCUT2D eigenvalue weighted by atomic mass is 79.9. The number of hydrogen-bond donors (Lipinski definition) is 2. The summed E-state index contributed by atoms with van der Waals surface area (Å²) in [5, 5.41) is 12.0. The molecule has 0 aliphatic carbocycles. The molecule has 1 aromatic rings. The summed E-state index contributed by atoms with van der Waals surface area (Å²) in [6.45, 7) is 3.95. The third-order valence-corrected chi connectivity index (χ3v) is 2.60. The Kier molecular flexibility index (Phi) is 4.35. The lowest BCUT2D eigenvalue weighted by molar-refractivity contribution is 0.0957. The Hall–Kier alpha value is -0.810. The number of carbonyl (C=O) groups is 1. The van der Waals surface area contributed by atoms with Gasteiger partial charge in [-0.1, -0.05) is 22.5 Å². The third-order valence-electron chi connectivity index (χ3n) is 1.65. The van der Waals surface area contributed by atoms with Crippen LogP contribution in [-0.2, 0) is 0 Å². The van der Waals surface area contributed by atoms with Crippen LogP contribution in [-0.4, -0.2) is 17.6 Å². The molecule has 15 heavy (non-hydrogen) atoms. The van der Waals surface area contributed by atoms with Gasteiger partial charge >= 0.3 is 0 Å². The molecule has 0 aromatic heterocycles. The van der Waals surface area contributed by atoms with Crippen molar-refractivity contribution in [3.63, 3.8) is 0 Å². The Balaban J connectivity index is 2.74. The van der Waals surface area contributed by atoms with Gasteiger partial charge in [0.1, 0.15) is 5.75 Å². The van der Waals surface area contributed by atoms with Crippen LogP contribution in [0.1, 0.15) is 10.4 Å². The van der Waals surface area contributed by atoms with E-state index in [1.165, 1.54) is 6.07 Å². The highest BCUT2D eigenvalue weighted by molar-refractivity contribution is 9.11. The van der Waals surface area contributed by atoms with E-state index in [2.05, 4.69) is 43.8 Å². The summed E-state index contributed by atoms with van der Waals surface area (Å²) in [4.78, 5) is 11.5. The maximum Gasteiger partial charge on any atom is 0.251 e. The van der Waals surface area contributed by atoms with Gasteiger partial charge in [0.2, 0.25) is 0 Å². The monoisotopic (exact) mass is 333 g/mol. The van der Waals surface area contributed by atoms with Crippen molar-refractivity contribution in [1.82, 2.24) is 5.32 Å². The molecule has 1 aromatic carbocycles. The summed E-state index contributed by atoms with van der Waals surface area (Å²) in [6, 6.07) is 4.64. The summed E-state index contributed by atoms with van der Waals surface area (Å²) >= 11 is 6.27. The van der Waals surface area contributed by atoms with E-state index < -0.39 is 0 Å². The van der Waals surface area contributed by atoms with Crippen molar-refractivity contribution in [2.45, 2.75) is 0 Å². The number of nitrogens with one attached hydrogen (secondary N) is 1. The molecule has 0 unspecified atom stereocenters. The fourth-order valence-electron chi connectivity index (χ4n) is 0.932. The van der Waals surface area contributed by atoms with E-state index >= 15 is 0 Å². The zero-order valence-electron chi connectivity index (χ0n) is 7.76. The molecule has 0 aliphatic heterocycles. The van der Waals surface area contributed by atoms with Crippen molar-refractivity contribution in [3.05, 3.63) is 39.3 Å². The van der Waals surface area contributed by atoms with Gasteiger partial charge in [0.05, 0.1) is 4.47 Å². The van der Waals surface area contributed by atoms with Gasteiger partial charge in [-0.15, -0.1) is 0 Å². The zero-order chi connectivity index (χ0) is 11.4. The lowest BCUT2D eigenvalue weighted by Gasteiger charge is -2.05. The smallest absolute Gasteiger partial charge is 0.251 e. The molecule has 0 spiro atoms. The second-order valence-electron chi connectivity index (χ2n) is 2.87. The van der Waals surface area contributed by atoms with Gasteiger partial charge in [0.15, 0.2) is 0 Å². The third kappa shape index (κ3) is 3.68. The minimum Gasteiger partial charge on any atom is -0.507 e. The standard InChI is InChI=1S/C10H9Br2NO2/c1-6(11)5-13-10(15)7-2-3-8(12)9(14)4-7/h2-4,14H,1,5H2,(H,13,15). The van der Waals surface area contributed by atoms with E-state index in [4.69, 9.17) is 0 Å². The Morgan fingerprint density at radius 3 is 2.73 bits per heavy atom. The van der Waals surface area contributed by atoms with Crippen LogP contribution < -0.4 is 5.32 Å². The molecule has 0 saturated heterocycles. The maximum atomic E-state index is 11.5. The Morgan fingerprint density at radius 2 is 2.20 bits per heavy atom. The number of amides is 1. The molecule has 0 saturated carbocycles. The average Bonchev–Trinajstić information content (AvgIpc) is 2.18. The van der Waals surface area contributed by atoms with Crippen LogP contribution in [0.15, 0.2) is 33.7 Å². The molecule has 0 bridgehead atoms. The van der Waals surface area contributed by atoms with Crippen LogP contribution in [0.2, 0.25) is 0 Å². The molecule has 2 N–H and O–H groups in total. The van der Waals surface area contributed by atoms with Crippen LogP contribution >= 0.6 is 31.9 Å². The Morgan fingerprint density at radius 1 is 1.53 bits per heavy atom. The fourth-order valence-corrected chi connectivity index (χ4v) is 1.32. The molecule has 1 amide bonds. The number of benzene rings is 1. The molecule has 80 valence electrons. The first kappa shape index (κ1) is 12.3. The molecule has 1 rings (SSSR count). The maximum absolute atomic E-state index is 11.5. The molecule has 3 nitrogen and oxygen atoms in total. The van der Waals surface area contributed by atoms with E-state index in [0.29, 0.717) is 21.1 Å². The van der Waals surface area contributed by atoms with Gasteiger partial charge in [-0.2, -0.15) is 0 Å². The second-order valence-corrected chi connectivity index (χ2v) is 4.84. The number of aromatic hydroxyl groups is 1. The van der Waals surface area contributed by atoms with Crippen molar-refractivity contribution < 1.29 is 9.90 Å². The first-order valence-corrected chi connectivity index (χ1v) is 5.69. The van der Waals surface area contributed by atoms with Gasteiger partial charge < -0.3 is 10.4 Å². The van der Waals surface area contributed by atoms with Crippen LogP contribution in [0.25, 0.3) is 0 Å². The number of carbonyl (C=O) groups excluding carboxylic acids is 1. The summed E-state index contributed by atoms with van der Waals surface area (Å²) < 4.78 is 1.25. The topological polar surface area (TPSA) is 49.3 Å². The number of phenolic OH excluding ortho intramolecular Hbond substituents is 1. The minimum absolute atomic E-state index is 0.0420. The molecule has 0 aliphatic rings. The summed E-state index contributed by atoms with van der Waals surface area (Å²) in [7, 11) is 0. The van der Waals surface area contributed by atoms with E-state index in [1.807, 2.05) is 0 Å². The molecule has 5 heteroatoms. The molecule has 0 atom stereocenters. The molecule has 0 fully saturated rings. The number of halogens is 2. The molecular weight excluding hydrogens is 326 g/mol. The van der Waals surface area contributed by atoms with Gasteiger partial charge in [0, 0.05) is 16.6 Å². The predicted molar refractivity (Wildman–Crippen MR) is 66.2 cm³/mol. The Labute approximate surface area is 104 Å². The van der Waals surface area contributed by atoms with Crippen LogP contribution in [0.3, 0.4) is 0 Å². The number of rotatable bonds is 3. The predicted octanol–water partition coefficient (Wildman–Crippen LogP) is 2.79. The number of phenols is 1. The van der Waals surface area contributed by atoms with Crippen LogP contribution in [0.4, 0.5) is 0 Å². The van der Waals surface area contributed by atoms with Crippen molar-refractivity contribution in [2.24, 2.45) is 0 Å². The van der Waals surface area contributed by atoms with Crippen molar-refractivity contribution >= 4 is 37.8 Å². The van der Waals surface area contributed by atoms with E-state index in [-0.39, 0.29) is 11.7 Å². The molecule has 0 radical (unpaired) electrons. The minimum atomic E-state index is -0.251. The first-order chi connectivity index (χ1) is 7.00. The normalized spacial score (nSPS) is 9.73. The van der Waals surface area contributed by atoms with Gasteiger partial charge in [-0.25, -0.2) is 0 Å². The summed E-state index contributed by atoms with van der Waals surface area (Å²) in [5.41, 5.74) is 0.407. The fraction of sp³-hybridized carbons (Fsp3) is 0.100. The molecular formula is C10H9Br2NO2. The zero-order valence-corrected chi connectivity index (χ0v) is 10.9.